The Labute approximate surface area is 126 Å². The van der Waals surface area contributed by atoms with Crippen LogP contribution in [0.15, 0.2) is 6.07 Å². The number of hydrogen-bond acceptors (Lipinski definition) is 4. The number of pyridine rings is 1. The average Bonchev–Trinajstić information content (AvgIpc) is 2.40. The number of aryl methyl sites for hydroxylation is 2. The van der Waals surface area contributed by atoms with Gasteiger partial charge in [-0.2, -0.15) is 0 Å². The van der Waals surface area contributed by atoms with Gasteiger partial charge in [-0.3, -0.25) is 0 Å². The molecule has 2 N–H and O–H groups in total. The molecule has 0 saturated carbocycles. The largest absolute Gasteiger partial charge is 0.478 e. The zero-order valence-electron chi connectivity index (χ0n) is 13.1. The number of carboxylic acids is 1. The van der Waals surface area contributed by atoms with Gasteiger partial charge in [-0.15, -0.1) is 0 Å². The molecule has 1 aliphatic rings. The number of aromatic nitrogens is 1. The van der Waals surface area contributed by atoms with E-state index in [0.29, 0.717) is 17.4 Å². The summed E-state index contributed by atoms with van der Waals surface area (Å²) in [6.45, 7) is 9.20. The van der Waals surface area contributed by atoms with E-state index in [0.717, 1.165) is 43.7 Å². The fourth-order valence-corrected chi connectivity index (χ4v) is 3.02. The number of anilines is 1. The maximum atomic E-state index is 11.4. The molecular weight excluding hydrogens is 266 g/mol. The highest BCUT2D eigenvalue weighted by Crippen LogP contribution is 2.22. The van der Waals surface area contributed by atoms with E-state index in [1.165, 1.54) is 6.42 Å². The first-order chi connectivity index (χ1) is 10.0. The van der Waals surface area contributed by atoms with Crippen LogP contribution in [-0.2, 0) is 0 Å². The number of aromatic carboxylic acids is 1. The molecule has 5 nitrogen and oxygen atoms in total. The Morgan fingerprint density at radius 3 is 2.67 bits per heavy atom. The van der Waals surface area contributed by atoms with Crippen LogP contribution in [0.4, 0.5) is 5.82 Å². The molecule has 116 valence electrons. The first-order valence-corrected chi connectivity index (χ1v) is 7.71. The highest BCUT2D eigenvalue weighted by atomic mass is 16.4. The van der Waals surface area contributed by atoms with E-state index in [2.05, 4.69) is 22.1 Å². The van der Waals surface area contributed by atoms with Crippen molar-refractivity contribution in [3.05, 3.63) is 22.9 Å². The molecule has 0 amide bonds. The molecular formula is C16H25N3O2. The summed E-state index contributed by atoms with van der Waals surface area (Å²) in [5.41, 5.74) is 1.92. The first kappa shape index (κ1) is 15.8. The monoisotopic (exact) mass is 291 g/mol. The quantitative estimate of drug-likeness (QED) is 0.873. The van der Waals surface area contributed by atoms with E-state index in [9.17, 15) is 9.90 Å². The number of nitrogens with zero attached hydrogens (tertiary/aromatic N) is 2. The SMILES string of the molecule is CCCN1CCC(Nc2nc(C)cc(C)c2C(=O)O)CC1. The maximum absolute atomic E-state index is 11.4. The minimum atomic E-state index is -0.911. The molecule has 0 aromatic carbocycles. The summed E-state index contributed by atoms with van der Waals surface area (Å²) in [7, 11) is 0. The van der Waals surface area contributed by atoms with Gasteiger partial charge in [-0.25, -0.2) is 9.78 Å². The normalized spacial score (nSPS) is 16.9. The van der Waals surface area contributed by atoms with Gasteiger partial charge in [-0.1, -0.05) is 6.92 Å². The van der Waals surface area contributed by atoms with Gasteiger partial charge in [0.15, 0.2) is 0 Å². The Balaban J connectivity index is 2.08. The summed E-state index contributed by atoms with van der Waals surface area (Å²) in [6.07, 6.45) is 3.25. The van der Waals surface area contributed by atoms with Crippen molar-refractivity contribution >= 4 is 11.8 Å². The number of carbonyl (C=O) groups is 1. The zero-order chi connectivity index (χ0) is 15.4. The highest BCUT2D eigenvalue weighted by Gasteiger charge is 2.22. The van der Waals surface area contributed by atoms with Gasteiger partial charge in [0.2, 0.25) is 0 Å². The van der Waals surface area contributed by atoms with Gasteiger partial charge in [0, 0.05) is 24.8 Å². The summed E-state index contributed by atoms with van der Waals surface area (Å²) in [6, 6.07) is 2.13. The Morgan fingerprint density at radius 1 is 1.43 bits per heavy atom. The van der Waals surface area contributed by atoms with E-state index in [4.69, 9.17) is 0 Å². The summed E-state index contributed by atoms with van der Waals surface area (Å²) in [4.78, 5) is 18.3. The number of piperidine rings is 1. The molecule has 0 radical (unpaired) electrons. The molecule has 1 aliphatic heterocycles. The van der Waals surface area contributed by atoms with E-state index in [1.807, 2.05) is 19.9 Å². The number of hydrogen-bond donors (Lipinski definition) is 2. The van der Waals surface area contributed by atoms with Crippen molar-refractivity contribution in [3.8, 4) is 0 Å². The zero-order valence-corrected chi connectivity index (χ0v) is 13.1. The summed E-state index contributed by atoms with van der Waals surface area (Å²) >= 11 is 0. The van der Waals surface area contributed by atoms with Gasteiger partial charge < -0.3 is 15.3 Å². The van der Waals surface area contributed by atoms with Crippen LogP contribution in [0.1, 0.15) is 47.8 Å². The van der Waals surface area contributed by atoms with Crippen LogP contribution >= 0.6 is 0 Å². The molecule has 1 aromatic rings. The van der Waals surface area contributed by atoms with Crippen LogP contribution in [-0.4, -0.2) is 46.6 Å². The van der Waals surface area contributed by atoms with Crippen molar-refractivity contribution in [2.24, 2.45) is 0 Å². The van der Waals surface area contributed by atoms with Crippen molar-refractivity contribution in [3.63, 3.8) is 0 Å². The van der Waals surface area contributed by atoms with Crippen molar-refractivity contribution in [1.82, 2.24) is 9.88 Å². The lowest BCUT2D eigenvalue weighted by Gasteiger charge is -2.32. The third-order valence-corrected chi connectivity index (χ3v) is 4.03. The van der Waals surface area contributed by atoms with Crippen molar-refractivity contribution < 1.29 is 9.90 Å². The predicted octanol–water partition coefficient (Wildman–Crippen LogP) is 2.68. The topological polar surface area (TPSA) is 65.5 Å². The van der Waals surface area contributed by atoms with Gasteiger partial charge in [-0.05, 0) is 51.3 Å². The second-order valence-electron chi connectivity index (χ2n) is 5.87. The molecule has 5 heteroatoms. The number of carboxylic acid groups (broad SMARTS) is 1. The lowest BCUT2D eigenvalue weighted by molar-refractivity contribution is 0.0696. The molecule has 0 bridgehead atoms. The Morgan fingerprint density at radius 2 is 2.10 bits per heavy atom. The first-order valence-electron chi connectivity index (χ1n) is 7.71. The number of rotatable bonds is 5. The van der Waals surface area contributed by atoms with Gasteiger partial charge in [0.1, 0.15) is 11.4 Å². The summed E-state index contributed by atoms with van der Waals surface area (Å²) in [5, 5.41) is 12.7. The average molecular weight is 291 g/mol. The van der Waals surface area contributed by atoms with Crippen LogP contribution in [0.3, 0.4) is 0 Å². The number of likely N-dealkylation sites (tertiary alicyclic amines) is 1. The molecule has 21 heavy (non-hydrogen) atoms. The standard InChI is InChI=1S/C16H25N3O2/c1-4-7-19-8-5-13(6-9-19)18-15-14(16(20)21)11(2)10-12(3)17-15/h10,13H,4-9H2,1-3H3,(H,17,18)(H,20,21). The Hall–Kier alpha value is -1.62. The van der Waals surface area contributed by atoms with E-state index in [-0.39, 0.29) is 0 Å². The lowest BCUT2D eigenvalue weighted by atomic mass is 10.0. The van der Waals surface area contributed by atoms with Crippen molar-refractivity contribution in [2.45, 2.75) is 46.1 Å². The van der Waals surface area contributed by atoms with E-state index >= 15 is 0 Å². The summed E-state index contributed by atoms with van der Waals surface area (Å²) in [5.74, 6) is -0.389. The molecule has 0 unspecified atom stereocenters. The molecule has 0 spiro atoms. The van der Waals surface area contributed by atoms with E-state index < -0.39 is 5.97 Å². The molecule has 0 aliphatic carbocycles. The second-order valence-corrected chi connectivity index (χ2v) is 5.87. The summed E-state index contributed by atoms with van der Waals surface area (Å²) < 4.78 is 0. The minimum absolute atomic E-state index is 0.302. The van der Waals surface area contributed by atoms with Crippen molar-refractivity contribution in [1.29, 1.82) is 0 Å². The van der Waals surface area contributed by atoms with Crippen LogP contribution in [0.5, 0.6) is 0 Å². The second kappa shape index (κ2) is 6.89. The smallest absolute Gasteiger partial charge is 0.339 e. The third-order valence-electron chi connectivity index (χ3n) is 4.03. The molecule has 1 fully saturated rings. The van der Waals surface area contributed by atoms with Crippen LogP contribution in [0, 0.1) is 13.8 Å². The van der Waals surface area contributed by atoms with Crippen LogP contribution in [0.2, 0.25) is 0 Å². The van der Waals surface area contributed by atoms with E-state index in [1.54, 1.807) is 0 Å². The molecule has 1 saturated heterocycles. The van der Waals surface area contributed by atoms with Crippen LogP contribution in [0.25, 0.3) is 0 Å². The predicted molar refractivity (Wildman–Crippen MR) is 84.0 cm³/mol. The maximum Gasteiger partial charge on any atom is 0.339 e. The lowest BCUT2D eigenvalue weighted by Crippen LogP contribution is -2.39. The fourth-order valence-electron chi connectivity index (χ4n) is 3.02. The molecule has 0 atom stereocenters. The Bertz CT molecular complexity index is 508. The van der Waals surface area contributed by atoms with Crippen molar-refractivity contribution in [2.75, 3.05) is 25.0 Å². The molecule has 2 heterocycles. The third kappa shape index (κ3) is 3.94. The van der Waals surface area contributed by atoms with Gasteiger partial charge in [0.05, 0.1) is 0 Å². The van der Waals surface area contributed by atoms with Crippen LogP contribution < -0.4 is 5.32 Å². The van der Waals surface area contributed by atoms with Gasteiger partial charge >= 0.3 is 5.97 Å². The molecule has 2 rings (SSSR count). The number of nitrogens with one attached hydrogen (secondary N) is 1. The highest BCUT2D eigenvalue weighted by molar-refractivity contribution is 5.94. The Kier molecular flexibility index (Phi) is 5.17. The van der Waals surface area contributed by atoms with Gasteiger partial charge in [0.25, 0.3) is 0 Å². The molecule has 1 aromatic heterocycles. The fraction of sp³-hybridized carbons (Fsp3) is 0.625. The minimum Gasteiger partial charge on any atom is -0.478 e.